The standard InChI is InChI=1S/C14H18O3S/c1-15-13-3-2-12(18-13)10-11-4-6-14(7-5-11)16-8-9-17-14/h2-3,10H,4-9H2,1H3/i10D. The molecule has 1 aromatic heterocycles. The van der Waals surface area contributed by atoms with Gasteiger partial charge in [-0.2, -0.15) is 0 Å². The van der Waals surface area contributed by atoms with Crippen molar-refractivity contribution in [2.75, 3.05) is 20.3 Å². The lowest BCUT2D eigenvalue weighted by molar-refractivity contribution is -0.171. The molecule has 0 bridgehead atoms. The van der Waals surface area contributed by atoms with Crippen LogP contribution in [-0.4, -0.2) is 26.1 Å². The Hall–Kier alpha value is -0.840. The lowest BCUT2D eigenvalue weighted by Gasteiger charge is -2.32. The summed E-state index contributed by atoms with van der Waals surface area (Å²) in [4.78, 5) is 0.982. The van der Waals surface area contributed by atoms with E-state index in [0.29, 0.717) is 19.3 Å². The molecule has 3 rings (SSSR count). The maximum absolute atomic E-state index is 8.31. The molecule has 1 saturated carbocycles. The summed E-state index contributed by atoms with van der Waals surface area (Å²) in [6, 6.07) is 4.54. The van der Waals surface area contributed by atoms with Crippen LogP contribution in [0.3, 0.4) is 0 Å². The fourth-order valence-corrected chi connectivity index (χ4v) is 3.28. The summed E-state index contributed by atoms with van der Waals surface area (Å²) in [5.74, 6) is -0.350. The molecule has 2 fully saturated rings. The Morgan fingerprint density at radius 2 is 2.06 bits per heavy atom. The molecule has 1 saturated heterocycles. The molecule has 1 aliphatic carbocycles. The van der Waals surface area contributed by atoms with Crippen LogP contribution in [0.25, 0.3) is 6.05 Å². The molecule has 2 heterocycles. The van der Waals surface area contributed by atoms with Gasteiger partial charge in [0.05, 0.1) is 21.7 Å². The van der Waals surface area contributed by atoms with Crippen molar-refractivity contribution in [3.63, 3.8) is 0 Å². The van der Waals surface area contributed by atoms with Gasteiger partial charge in [0.15, 0.2) is 10.9 Å². The molecular weight excluding hydrogens is 248 g/mol. The van der Waals surface area contributed by atoms with E-state index in [-0.39, 0.29) is 5.79 Å². The van der Waals surface area contributed by atoms with Gasteiger partial charge < -0.3 is 14.2 Å². The van der Waals surface area contributed by atoms with Crippen molar-refractivity contribution in [3.8, 4) is 5.06 Å². The second-order valence-electron chi connectivity index (χ2n) is 4.66. The molecule has 4 heteroatoms. The predicted octanol–water partition coefficient (Wildman–Crippen LogP) is 3.46. The van der Waals surface area contributed by atoms with Crippen LogP contribution in [0.4, 0.5) is 0 Å². The lowest BCUT2D eigenvalue weighted by atomic mass is 9.89. The van der Waals surface area contributed by atoms with Crippen molar-refractivity contribution in [2.24, 2.45) is 0 Å². The van der Waals surface area contributed by atoms with Crippen LogP contribution in [0.15, 0.2) is 17.7 Å². The van der Waals surface area contributed by atoms with Crippen molar-refractivity contribution >= 4 is 17.4 Å². The molecule has 0 radical (unpaired) electrons. The highest BCUT2D eigenvalue weighted by Gasteiger charge is 2.38. The van der Waals surface area contributed by atoms with E-state index in [0.717, 1.165) is 35.6 Å². The van der Waals surface area contributed by atoms with Gasteiger partial charge in [0, 0.05) is 17.7 Å². The Balaban J connectivity index is 1.73. The SMILES string of the molecule is [2H]C(=C1CCC2(CC1)OCCO2)c1ccc(OC)s1. The molecule has 98 valence electrons. The Labute approximate surface area is 113 Å². The van der Waals surface area contributed by atoms with E-state index in [1.807, 2.05) is 12.1 Å². The van der Waals surface area contributed by atoms with Crippen LogP contribution < -0.4 is 4.74 Å². The highest BCUT2D eigenvalue weighted by Crippen LogP contribution is 2.39. The minimum absolute atomic E-state index is 0.350. The smallest absolute Gasteiger partial charge is 0.173 e. The first-order chi connectivity index (χ1) is 9.22. The highest BCUT2D eigenvalue weighted by molar-refractivity contribution is 7.14. The fourth-order valence-electron chi connectivity index (χ4n) is 2.51. The summed E-state index contributed by atoms with van der Waals surface area (Å²) in [6.45, 7) is 1.41. The Morgan fingerprint density at radius 1 is 1.33 bits per heavy atom. The first kappa shape index (κ1) is 11.0. The fraction of sp³-hybridized carbons (Fsp3) is 0.571. The number of hydrogen-bond donors (Lipinski definition) is 0. The molecule has 1 aliphatic heterocycles. The van der Waals surface area contributed by atoms with Crippen LogP contribution in [0.2, 0.25) is 0 Å². The summed E-state index contributed by atoms with van der Waals surface area (Å²) in [7, 11) is 1.66. The number of thiophene rings is 1. The minimum atomic E-state index is -0.350. The summed E-state index contributed by atoms with van der Waals surface area (Å²) >= 11 is 1.53. The van der Waals surface area contributed by atoms with Crippen molar-refractivity contribution in [2.45, 2.75) is 31.5 Å². The van der Waals surface area contributed by atoms with Gasteiger partial charge in [0.25, 0.3) is 0 Å². The number of rotatable bonds is 2. The first-order valence-corrected chi connectivity index (χ1v) is 7.15. The zero-order chi connectivity index (χ0) is 13.3. The largest absolute Gasteiger partial charge is 0.487 e. The highest BCUT2D eigenvalue weighted by atomic mass is 32.1. The third kappa shape index (κ3) is 2.46. The molecule has 18 heavy (non-hydrogen) atoms. The molecule has 0 unspecified atom stereocenters. The number of methoxy groups -OCH3 is 1. The van der Waals surface area contributed by atoms with Crippen molar-refractivity contribution in [3.05, 3.63) is 22.6 Å². The third-order valence-corrected chi connectivity index (χ3v) is 4.47. The number of allylic oxidation sites excluding steroid dienone is 1. The zero-order valence-corrected chi connectivity index (χ0v) is 11.3. The van der Waals surface area contributed by atoms with E-state index in [9.17, 15) is 0 Å². The van der Waals surface area contributed by atoms with Crippen molar-refractivity contribution in [1.29, 1.82) is 0 Å². The summed E-state index contributed by atoms with van der Waals surface area (Å²) < 4.78 is 24.9. The second kappa shape index (κ2) is 5.03. The maximum atomic E-state index is 8.31. The van der Waals surface area contributed by atoms with Crippen LogP contribution in [0, 0.1) is 0 Å². The second-order valence-corrected chi connectivity index (χ2v) is 5.71. The number of ether oxygens (including phenoxy) is 3. The van der Waals surface area contributed by atoms with Gasteiger partial charge in [0.1, 0.15) is 0 Å². The topological polar surface area (TPSA) is 27.7 Å². The molecule has 2 aliphatic rings. The van der Waals surface area contributed by atoms with Crippen LogP contribution in [0.5, 0.6) is 5.06 Å². The molecule has 3 nitrogen and oxygen atoms in total. The van der Waals surface area contributed by atoms with E-state index < -0.39 is 0 Å². The predicted molar refractivity (Wildman–Crippen MR) is 72.0 cm³/mol. The van der Waals surface area contributed by atoms with Crippen molar-refractivity contribution in [1.82, 2.24) is 0 Å². The van der Waals surface area contributed by atoms with Gasteiger partial charge in [-0.05, 0) is 31.0 Å². The molecule has 1 aromatic rings. The minimum Gasteiger partial charge on any atom is -0.487 e. The normalized spacial score (nSPS) is 23.2. The number of hydrogen-bond acceptors (Lipinski definition) is 4. The van der Waals surface area contributed by atoms with Gasteiger partial charge >= 0.3 is 0 Å². The van der Waals surface area contributed by atoms with Gasteiger partial charge in [0.2, 0.25) is 0 Å². The zero-order valence-electron chi connectivity index (χ0n) is 11.5. The Bertz CT molecular complexity index is 477. The summed E-state index contributed by atoms with van der Waals surface area (Å²) in [5, 5.41) is 0.857. The van der Waals surface area contributed by atoms with Crippen LogP contribution >= 0.6 is 11.3 Å². The average molecular weight is 267 g/mol. The monoisotopic (exact) mass is 267 g/mol. The van der Waals surface area contributed by atoms with Gasteiger partial charge in [-0.3, -0.25) is 0 Å². The molecule has 0 atom stereocenters. The lowest BCUT2D eigenvalue weighted by Crippen LogP contribution is -2.32. The average Bonchev–Trinajstić information content (AvgIpc) is 3.08. The van der Waals surface area contributed by atoms with Crippen LogP contribution in [-0.2, 0) is 9.47 Å². The quantitative estimate of drug-likeness (QED) is 0.821. The molecule has 0 N–H and O–H groups in total. The van der Waals surface area contributed by atoms with Gasteiger partial charge in [-0.1, -0.05) is 16.9 Å². The van der Waals surface area contributed by atoms with Crippen LogP contribution in [0.1, 0.15) is 31.9 Å². The van der Waals surface area contributed by atoms with Gasteiger partial charge in [-0.25, -0.2) is 0 Å². The van der Waals surface area contributed by atoms with E-state index in [1.165, 1.54) is 16.9 Å². The van der Waals surface area contributed by atoms with Crippen molar-refractivity contribution < 1.29 is 15.6 Å². The summed E-state index contributed by atoms with van der Waals surface area (Å²) in [5.41, 5.74) is 1.20. The Morgan fingerprint density at radius 3 is 2.67 bits per heavy atom. The third-order valence-electron chi connectivity index (χ3n) is 3.51. The summed E-state index contributed by atoms with van der Waals surface area (Å²) in [6.07, 6.45) is 3.51. The van der Waals surface area contributed by atoms with E-state index in [1.54, 1.807) is 7.11 Å². The first-order valence-electron chi connectivity index (χ1n) is 6.83. The molecule has 0 aromatic carbocycles. The van der Waals surface area contributed by atoms with Gasteiger partial charge in [-0.15, -0.1) is 0 Å². The molecular formula is C14H18O3S. The molecule has 1 spiro atoms. The van der Waals surface area contributed by atoms with E-state index in [2.05, 4.69) is 0 Å². The van der Waals surface area contributed by atoms with E-state index in [4.69, 9.17) is 15.6 Å². The maximum Gasteiger partial charge on any atom is 0.173 e. The van der Waals surface area contributed by atoms with E-state index >= 15 is 0 Å². The molecule has 0 amide bonds. The Kier molecular flexibility index (Phi) is 3.08.